The Hall–Kier alpha value is -3.75. The van der Waals surface area contributed by atoms with E-state index < -0.39 is 17.6 Å². The summed E-state index contributed by atoms with van der Waals surface area (Å²) in [4.78, 5) is 32.1. The highest BCUT2D eigenvalue weighted by Gasteiger charge is 2.30. The van der Waals surface area contributed by atoms with E-state index in [1.807, 2.05) is 0 Å². The summed E-state index contributed by atoms with van der Waals surface area (Å²) < 4.78 is 38.4. The van der Waals surface area contributed by atoms with Gasteiger partial charge in [-0.2, -0.15) is 13.2 Å². The van der Waals surface area contributed by atoms with Crippen LogP contribution in [0.5, 0.6) is 0 Å². The molecule has 2 amide bonds. The van der Waals surface area contributed by atoms with E-state index in [0.717, 1.165) is 17.7 Å². The minimum Gasteiger partial charge on any atom is -0.323 e. The number of amides is 2. The van der Waals surface area contributed by atoms with E-state index in [1.54, 1.807) is 24.3 Å². The van der Waals surface area contributed by atoms with E-state index in [2.05, 4.69) is 20.6 Å². The number of nitrogens with one attached hydrogen (secondary N) is 2. The molecule has 0 unspecified atom stereocenters. The maximum Gasteiger partial charge on any atom is 0.416 e. The molecule has 0 bridgehead atoms. The van der Waals surface area contributed by atoms with Gasteiger partial charge in [0.1, 0.15) is 6.33 Å². The Morgan fingerprint density at radius 1 is 0.900 bits per heavy atom. The number of halogens is 3. The number of rotatable bonds is 6. The molecule has 9 heteroatoms. The smallest absolute Gasteiger partial charge is 0.323 e. The van der Waals surface area contributed by atoms with E-state index in [9.17, 15) is 22.8 Å². The summed E-state index contributed by atoms with van der Waals surface area (Å²) in [5.74, 6) is -0.773. The van der Waals surface area contributed by atoms with Crippen molar-refractivity contribution in [3.8, 4) is 0 Å². The van der Waals surface area contributed by atoms with Crippen molar-refractivity contribution in [2.45, 2.75) is 19.0 Å². The molecule has 0 spiro atoms. The summed E-state index contributed by atoms with van der Waals surface area (Å²) in [6.45, 7) is 0. The van der Waals surface area contributed by atoms with Crippen LogP contribution in [-0.4, -0.2) is 21.8 Å². The third kappa shape index (κ3) is 5.87. The molecule has 3 rings (SSSR count). The van der Waals surface area contributed by atoms with Gasteiger partial charge in [-0.3, -0.25) is 9.59 Å². The molecule has 30 heavy (non-hydrogen) atoms. The number of carbonyl (C=O) groups excluding carboxylic acids is 2. The molecule has 0 aliphatic carbocycles. The second kappa shape index (κ2) is 9.17. The second-order valence-electron chi connectivity index (χ2n) is 6.41. The van der Waals surface area contributed by atoms with Crippen LogP contribution in [-0.2, 0) is 17.4 Å². The zero-order valence-electron chi connectivity index (χ0n) is 15.6. The molecule has 0 atom stereocenters. The first-order valence-corrected chi connectivity index (χ1v) is 8.94. The topological polar surface area (TPSA) is 84.0 Å². The lowest BCUT2D eigenvalue weighted by atomic mass is 10.1. The predicted molar refractivity (Wildman–Crippen MR) is 105 cm³/mol. The number of aromatic nitrogens is 2. The largest absolute Gasteiger partial charge is 0.416 e. The summed E-state index contributed by atoms with van der Waals surface area (Å²) >= 11 is 0. The fraction of sp³-hybridized carbons (Fsp3) is 0.143. The molecule has 6 nitrogen and oxygen atoms in total. The summed E-state index contributed by atoms with van der Waals surface area (Å²) in [5.41, 5.74) is 0.707. The molecule has 0 saturated carbocycles. The van der Waals surface area contributed by atoms with E-state index in [4.69, 9.17) is 0 Å². The van der Waals surface area contributed by atoms with Gasteiger partial charge < -0.3 is 10.6 Å². The zero-order chi connectivity index (χ0) is 21.6. The molecular weight excluding hydrogens is 397 g/mol. The lowest BCUT2D eigenvalue weighted by molar-refractivity contribution is -0.137. The van der Waals surface area contributed by atoms with Crippen molar-refractivity contribution < 1.29 is 22.8 Å². The molecule has 0 saturated heterocycles. The highest BCUT2D eigenvalue weighted by molar-refractivity contribution is 6.04. The number of hydrogen-bond donors (Lipinski definition) is 2. The van der Waals surface area contributed by atoms with Gasteiger partial charge in [0, 0.05) is 17.7 Å². The summed E-state index contributed by atoms with van der Waals surface area (Å²) in [5, 5.41) is 5.13. The van der Waals surface area contributed by atoms with Crippen LogP contribution in [0.15, 0.2) is 67.3 Å². The van der Waals surface area contributed by atoms with Gasteiger partial charge in [0.25, 0.3) is 5.91 Å². The van der Waals surface area contributed by atoms with Crippen molar-refractivity contribution in [3.05, 3.63) is 83.9 Å². The SMILES string of the molecule is O=C(CCc1cccc(C(=O)Nc2cccc(C(F)(F)F)c2)c1)Nc1cncnc1. The van der Waals surface area contributed by atoms with Crippen LogP contribution >= 0.6 is 0 Å². The first-order valence-electron chi connectivity index (χ1n) is 8.94. The van der Waals surface area contributed by atoms with Gasteiger partial charge in [-0.15, -0.1) is 0 Å². The quantitative estimate of drug-likeness (QED) is 0.629. The molecule has 1 heterocycles. The van der Waals surface area contributed by atoms with Gasteiger partial charge in [0.05, 0.1) is 23.6 Å². The molecule has 0 fully saturated rings. The summed E-state index contributed by atoms with van der Waals surface area (Å²) in [6, 6.07) is 11.0. The molecule has 2 aromatic carbocycles. The maximum atomic E-state index is 12.8. The lowest BCUT2D eigenvalue weighted by Crippen LogP contribution is -2.14. The average Bonchev–Trinajstić information content (AvgIpc) is 2.73. The number of carbonyl (C=O) groups is 2. The van der Waals surface area contributed by atoms with Crippen molar-refractivity contribution in [2.75, 3.05) is 10.6 Å². The number of alkyl halides is 3. The number of anilines is 2. The van der Waals surface area contributed by atoms with Crippen LogP contribution < -0.4 is 10.6 Å². The van der Waals surface area contributed by atoms with E-state index in [1.165, 1.54) is 30.9 Å². The minimum atomic E-state index is -4.49. The number of aryl methyl sites for hydroxylation is 1. The van der Waals surface area contributed by atoms with Gasteiger partial charge in [0.2, 0.25) is 5.91 Å². The van der Waals surface area contributed by atoms with Crippen molar-refractivity contribution in [2.24, 2.45) is 0 Å². The van der Waals surface area contributed by atoms with Crippen LogP contribution in [0.4, 0.5) is 24.5 Å². The van der Waals surface area contributed by atoms with Gasteiger partial charge in [-0.05, 0) is 42.3 Å². The van der Waals surface area contributed by atoms with Crippen LogP contribution in [0.25, 0.3) is 0 Å². The predicted octanol–water partition coefficient (Wildman–Crippen LogP) is 4.32. The van der Waals surface area contributed by atoms with Crippen molar-refractivity contribution in [3.63, 3.8) is 0 Å². The first-order chi connectivity index (χ1) is 14.3. The lowest BCUT2D eigenvalue weighted by Gasteiger charge is -2.10. The average molecular weight is 414 g/mol. The summed E-state index contributed by atoms with van der Waals surface area (Å²) in [6.07, 6.45) is 0.365. The van der Waals surface area contributed by atoms with E-state index in [0.29, 0.717) is 12.1 Å². The molecule has 0 radical (unpaired) electrons. The Balaban J connectivity index is 1.61. The number of benzene rings is 2. The maximum absolute atomic E-state index is 12.8. The molecular formula is C21H17F3N4O2. The standard InChI is InChI=1S/C21H17F3N4O2/c22-21(23,24)16-5-2-6-17(10-16)28-20(30)15-4-1-3-14(9-15)7-8-19(29)27-18-11-25-13-26-12-18/h1-6,9-13H,7-8H2,(H,27,29)(H,28,30). The molecule has 3 aromatic rings. The monoisotopic (exact) mass is 414 g/mol. The number of nitrogens with zero attached hydrogens (tertiary/aromatic N) is 2. The Bertz CT molecular complexity index is 1040. The summed E-state index contributed by atoms with van der Waals surface area (Å²) in [7, 11) is 0. The Morgan fingerprint density at radius 3 is 2.37 bits per heavy atom. The van der Waals surface area contributed by atoms with Crippen molar-refractivity contribution in [1.82, 2.24) is 9.97 Å². The van der Waals surface area contributed by atoms with Crippen LogP contribution in [0.3, 0.4) is 0 Å². The minimum absolute atomic E-state index is 0.0460. The van der Waals surface area contributed by atoms with Crippen LogP contribution in [0.1, 0.15) is 27.9 Å². The first kappa shape index (κ1) is 21.0. The fourth-order valence-electron chi connectivity index (χ4n) is 2.69. The van der Waals surface area contributed by atoms with Gasteiger partial charge in [-0.25, -0.2) is 9.97 Å². The number of hydrogen-bond acceptors (Lipinski definition) is 4. The highest BCUT2D eigenvalue weighted by atomic mass is 19.4. The highest BCUT2D eigenvalue weighted by Crippen LogP contribution is 2.30. The van der Waals surface area contributed by atoms with E-state index >= 15 is 0 Å². The third-order valence-electron chi connectivity index (χ3n) is 4.12. The van der Waals surface area contributed by atoms with Gasteiger partial charge in [-0.1, -0.05) is 18.2 Å². The van der Waals surface area contributed by atoms with E-state index in [-0.39, 0.29) is 23.6 Å². The second-order valence-corrected chi connectivity index (χ2v) is 6.41. The van der Waals surface area contributed by atoms with Gasteiger partial charge >= 0.3 is 6.18 Å². The molecule has 2 N–H and O–H groups in total. The Kier molecular flexibility index (Phi) is 6.41. The van der Waals surface area contributed by atoms with Gasteiger partial charge in [0.15, 0.2) is 0 Å². The molecule has 154 valence electrons. The molecule has 0 aliphatic heterocycles. The Labute approximate surface area is 170 Å². The fourth-order valence-corrected chi connectivity index (χ4v) is 2.69. The van der Waals surface area contributed by atoms with Crippen LogP contribution in [0, 0.1) is 0 Å². The van der Waals surface area contributed by atoms with Crippen LogP contribution in [0.2, 0.25) is 0 Å². The Morgan fingerprint density at radius 2 is 1.63 bits per heavy atom. The zero-order valence-corrected chi connectivity index (χ0v) is 15.6. The normalized spacial score (nSPS) is 11.0. The molecule has 1 aromatic heterocycles. The van der Waals surface area contributed by atoms with Crippen molar-refractivity contribution in [1.29, 1.82) is 0 Å². The van der Waals surface area contributed by atoms with Crippen molar-refractivity contribution >= 4 is 23.2 Å². The third-order valence-corrected chi connectivity index (χ3v) is 4.12. The molecule has 0 aliphatic rings.